The Balaban J connectivity index is 1.68. The van der Waals surface area contributed by atoms with Crippen molar-refractivity contribution in [2.45, 2.75) is 51.1 Å². The highest BCUT2D eigenvalue weighted by Gasteiger charge is 2.26. The van der Waals surface area contributed by atoms with Crippen molar-refractivity contribution in [3.8, 4) is 5.75 Å². The van der Waals surface area contributed by atoms with Crippen LogP contribution in [0.15, 0.2) is 24.3 Å². The van der Waals surface area contributed by atoms with Crippen molar-refractivity contribution in [1.29, 1.82) is 0 Å². The van der Waals surface area contributed by atoms with Gasteiger partial charge in [0.25, 0.3) is 0 Å². The van der Waals surface area contributed by atoms with Crippen LogP contribution < -0.4 is 10.1 Å². The van der Waals surface area contributed by atoms with Crippen LogP contribution in [-0.4, -0.2) is 43.2 Å². The van der Waals surface area contributed by atoms with Crippen LogP contribution in [0.4, 0.5) is 0 Å². The third-order valence-corrected chi connectivity index (χ3v) is 4.89. The SMILES string of the molecule is CC(C)N(CC1CCCN1)CC1CCOc2ccccc21. The zero-order chi connectivity index (χ0) is 14.7. The molecule has 1 N–H and O–H groups in total. The zero-order valence-electron chi connectivity index (χ0n) is 13.3. The minimum absolute atomic E-state index is 0.599. The van der Waals surface area contributed by atoms with Crippen molar-refractivity contribution in [1.82, 2.24) is 10.2 Å². The highest BCUT2D eigenvalue weighted by Crippen LogP contribution is 2.34. The average Bonchev–Trinajstić information content (AvgIpc) is 3.00. The molecule has 1 fully saturated rings. The Hall–Kier alpha value is -1.06. The number of hydrogen-bond donors (Lipinski definition) is 1. The van der Waals surface area contributed by atoms with Crippen LogP contribution in [0, 0.1) is 0 Å². The minimum atomic E-state index is 0.599. The second kappa shape index (κ2) is 6.80. The molecule has 2 unspecified atom stereocenters. The number of nitrogens with zero attached hydrogens (tertiary/aromatic N) is 1. The van der Waals surface area contributed by atoms with Crippen molar-refractivity contribution in [3.63, 3.8) is 0 Å². The van der Waals surface area contributed by atoms with E-state index in [0.29, 0.717) is 18.0 Å². The van der Waals surface area contributed by atoms with Crippen molar-refractivity contribution >= 4 is 0 Å². The second-order valence-corrected chi connectivity index (χ2v) is 6.71. The summed E-state index contributed by atoms with van der Waals surface area (Å²) in [6.07, 6.45) is 3.79. The number of ether oxygens (including phenoxy) is 1. The van der Waals surface area contributed by atoms with Gasteiger partial charge in [0.2, 0.25) is 0 Å². The van der Waals surface area contributed by atoms with Gasteiger partial charge >= 0.3 is 0 Å². The highest BCUT2D eigenvalue weighted by atomic mass is 16.5. The molecule has 0 radical (unpaired) electrons. The fourth-order valence-corrected chi connectivity index (χ4v) is 3.58. The molecular formula is C18H28N2O. The lowest BCUT2D eigenvalue weighted by Gasteiger charge is -2.35. The molecule has 3 nitrogen and oxygen atoms in total. The largest absolute Gasteiger partial charge is 0.493 e. The fourth-order valence-electron chi connectivity index (χ4n) is 3.58. The van der Waals surface area contributed by atoms with E-state index in [-0.39, 0.29) is 0 Å². The molecule has 0 saturated carbocycles. The van der Waals surface area contributed by atoms with Gasteiger partial charge in [0.15, 0.2) is 0 Å². The highest BCUT2D eigenvalue weighted by molar-refractivity contribution is 5.37. The van der Waals surface area contributed by atoms with E-state index in [0.717, 1.165) is 25.3 Å². The predicted octanol–water partition coefficient (Wildman–Crippen LogP) is 3.02. The number of hydrogen-bond acceptors (Lipinski definition) is 3. The molecule has 2 atom stereocenters. The molecule has 0 spiro atoms. The first-order valence-corrected chi connectivity index (χ1v) is 8.43. The summed E-state index contributed by atoms with van der Waals surface area (Å²) in [7, 11) is 0. The normalized spacial score (nSPS) is 25.1. The molecule has 2 heterocycles. The molecule has 1 aromatic carbocycles. The number of benzene rings is 1. The first kappa shape index (κ1) is 14.9. The first-order chi connectivity index (χ1) is 10.2. The number of fused-ring (bicyclic) bond motifs is 1. The molecule has 0 bridgehead atoms. The fraction of sp³-hybridized carbons (Fsp3) is 0.667. The molecule has 2 aliphatic heterocycles. The predicted molar refractivity (Wildman–Crippen MR) is 87.0 cm³/mol. The molecule has 0 aliphatic carbocycles. The van der Waals surface area contributed by atoms with E-state index < -0.39 is 0 Å². The quantitative estimate of drug-likeness (QED) is 0.901. The molecule has 0 aromatic heterocycles. The molecule has 116 valence electrons. The van der Waals surface area contributed by atoms with Gasteiger partial charge in [-0.25, -0.2) is 0 Å². The summed E-state index contributed by atoms with van der Waals surface area (Å²) in [6.45, 7) is 9.01. The molecule has 3 rings (SSSR count). The summed E-state index contributed by atoms with van der Waals surface area (Å²) in [5.41, 5.74) is 1.40. The van der Waals surface area contributed by atoms with E-state index in [1.165, 1.54) is 31.5 Å². The van der Waals surface area contributed by atoms with Gasteiger partial charge in [0.1, 0.15) is 5.75 Å². The van der Waals surface area contributed by atoms with Gasteiger partial charge in [-0.05, 0) is 51.3 Å². The summed E-state index contributed by atoms with van der Waals surface area (Å²) in [6, 6.07) is 9.85. The third-order valence-electron chi connectivity index (χ3n) is 4.89. The van der Waals surface area contributed by atoms with Crippen molar-refractivity contribution in [2.24, 2.45) is 0 Å². The Bertz CT molecular complexity index is 454. The molecule has 0 amide bonds. The monoisotopic (exact) mass is 288 g/mol. The standard InChI is InChI=1S/C18H28N2O/c1-14(2)20(13-16-6-5-10-19-16)12-15-9-11-21-18-8-4-3-7-17(15)18/h3-4,7-8,14-16,19H,5-6,9-13H2,1-2H3. The molecule has 1 aromatic rings. The molecule has 1 saturated heterocycles. The summed E-state index contributed by atoms with van der Waals surface area (Å²) in [5, 5.41) is 3.63. The summed E-state index contributed by atoms with van der Waals surface area (Å²) >= 11 is 0. The Kier molecular flexibility index (Phi) is 4.81. The molecule has 21 heavy (non-hydrogen) atoms. The van der Waals surface area contributed by atoms with Gasteiger partial charge in [-0.15, -0.1) is 0 Å². The van der Waals surface area contributed by atoms with Crippen LogP contribution in [0.2, 0.25) is 0 Å². The maximum Gasteiger partial charge on any atom is 0.122 e. The van der Waals surface area contributed by atoms with Crippen molar-refractivity contribution < 1.29 is 4.74 Å². The number of rotatable bonds is 5. The maximum atomic E-state index is 5.80. The van der Waals surface area contributed by atoms with Gasteiger partial charge in [-0.3, -0.25) is 4.90 Å². The number of para-hydroxylation sites is 1. The van der Waals surface area contributed by atoms with Gasteiger partial charge in [0, 0.05) is 31.1 Å². The Morgan fingerprint density at radius 3 is 2.86 bits per heavy atom. The Labute approximate surface area is 128 Å². The zero-order valence-corrected chi connectivity index (χ0v) is 13.3. The summed E-state index contributed by atoms with van der Waals surface area (Å²) < 4.78 is 5.80. The van der Waals surface area contributed by atoms with Crippen molar-refractivity contribution in [2.75, 3.05) is 26.2 Å². The summed E-state index contributed by atoms with van der Waals surface area (Å²) in [4.78, 5) is 2.65. The van der Waals surface area contributed by atoms with Crippen LogP contribution >= 0.6 is 0 Å². The summed E-state index contributed by atoms with van der Waals surface area (Å²) in [5.74, 6) is 1.70. The van der Waals surface area contributed by atoms with E-state index in [1.807, 2.05) is 0 Å². The van der Waals surface area contributed by atoms with Crippen LogP contribution in [-0.2, 0) is 0 Å². The van der Waals surface area contributed by atoms with E-state index in [4.69, 9.17) is 4.74 Å². The number of nitrogens with one attached hydrogen (secondary N) is 1. The van der Waals surface area contributed by atoms with Gasteiger partial charge in [-0.1, -0.05) is 18.2 Å². The smallest absolute Gasteiger partial charge is 0.122 e. The van der Waals surface area contributed by atoms with E-state index >= 15 is 0 Å². The molecule has 2 aliphatic rings. The van der Waals surface area contributed by atoms with E-state index in [2.05, 4.69) is 48.3 Å². The third kappa shape index (κ3) is 3.58. The molecule has 3 heteroatoms. The topological polar surface area (TPSA) is 24.5 Å². The lowest BCUT2D eigenvalue weighted by Crippen LogP contribution is -2.43. The van der Waals surface area contributed by atoms with Gasteiger partial charge in [-0.2, -0.15) is 0 Å². The Morgan fingerprint density at radius 1 is 1.24 bits per heavy atom. The second-order valence-electron chi connectivity index (χ2n) is 6.71. The maximum absolute atomic E-state index is 5.80. The van der Waals surface area contributed by atoms with Gasteiger partial charge in [0.05, 0.1) is 6.61 Å². The van der Waals surface area contributed by atoms with Crippen LogP contribution in [0.1, 0.15) is 44.6 Å². The lowest BCUT2D eigenvalue weighted by molar-refractivity contribution is 0.169. The van der Waals surface area contributed by atoms with Crippen LogP contribution in [0.5, 0.6) is 5.75 Å². The van der Waals surface area contributed by atoms with E-state index in [9.17, 15) is 0 Å². The van der Waals surface area contributed by atoms with E-state index in [1.54, 1.807) is 0 Å². The molecular weight excluding hydrogens is 260 g/mol. The van der Waals surface area contributed by atoms with Crippen LogP contribution in [0.3, 0.4) is 0 Å². The lowest BCUT2D eigenvalue weighted by atomic mass is 9.92. The average molecular weight is 288 g/mol. The van der Waals surface area contributed by atoms with Crippen molar-refractivity contribution in [3.05, 3.63) is 29.8 Å². The first-order valence-electron chi connectivity index (χ1n) is 8.43. The van der Waals surface area contributed by atoms with Gasteiger partial charge < -0.3 is 10.1 Å². The van der Waals surface area contributed by atoms with Crippen LogP contribution in [0.25, 0.3) is 0 Å². The minimum Gasteiger partial charge on any atom is -0.493 e. The Morgan fingerprint density at radius 2 is 2.10 bits per heavy atom.